The van der Waals surface area contributed by atoms with Crippen molar-refractivity contribution in [3.8, 4) is 0 Å². The first kappa shape index (κ1) is 13.4. The third-order valence-electron chi connectivity index (χ3n) is 3.15. The van der Waals surface area contributed by atoms with E-state index < -0.39 is 7.26 Å². The van der Waals surface area contributed by atoms with Crippen molar-refractivity contribution < 1.29 is 0 Å². The van der Waals surface area contributed by atoms with Gasteiger partial charge in [-0.1, -0.05) is 0 Å². The van der Waals surface area contributed by atoms with Gasteiger partial charge in [0, 0.05) is 13.9 Å². The highest BCUT2D eigenvalue weighted by atomic mass is 31.2. The molecule has 0 aliphatic carbocycles. The summed E-state index contributed by atoms with van der Waals surface area (Å²) in [5, 5.41) is 3.20. The molecule has 0 aromatic carbocycles. The van der Waals surface area contributed by atoms with Crippen LogP contribution in [0.4, 0.5) is 0 Å². The van der Waals surface area contributed by atoms with Gasteiger partial charge in [-0.2, -0.15) is 0 Å². The number of hydrogen-bond acceptors (Lipinski definition) is 1. The van der Waals surface area contributed by atoms with Gasteiger partial charge in [0.05, 0.1) is 18.5 Å². The van der Waals surface area contributed by atoms with Crippen LogP contribution < -0.4 is 5.32 Å². The van der Waals surface area contributed by atoms with Gasteiger partial charge in [-0.15, -0.1) is 0 Å². The summed E-state index contributed by atoms with van der Waals surface area (Å²) in [5.74, 6) is 0. The number of hydrogen-bond donors (Lipinski definition) is 1. The summed E-state index contributed by atoms with van der Waals surface area (Å²) in [6.07, 6.45) is 8.61. The molecule has 1 N–H and O–H groups in total. The first-order chi connectivity index (χ1) is 6.18. The molecular formula is C11H27NP+. The second-order valence-electron chi connectivity index (χ2n) is 4.14. The minimum absolute atomic E-state index is 0.500. The van der Waals surface area contributed by atoms with Crippen LogP contribution in [0.5, 0.6) is 0 Å². The van der Waals surface area contributed by atoms with E-state index in [2.05, 4.69) is 25.8 Å². The lowest BCUT2D eigenvalue weighted by molar-refractivity contribution is 0.668. The van der Waals surface area contributed by atoms with Crippen molar-refractivity contribution in [3.05, 3.63) is 0 Å². The predicted molar refractivity (Wildman–Crippen MR) is 66.6 cm³/mol. The summed E-state index contributed by atoms with van der Waals surface area (Å²) < 4.78 is 0. The number of unbranched alkanes of at least 4 members (excludes halogenated alkanes) is 2. The van der Waals surface area contributed by atoms with Gasteiger partial charge in [-0.05, 0) is 46.7 Å². The Morgan fingerprint density at radius 2 is 1.62 bits per heavy atom. The average molecular weight is 204 g/mol. The van der Waals surface area contributed by atoms with E-state index in [1.165, 1.54) is 44.3 Å². The summed E-state index contributed by atoms with van der Waals surface area (Å²) in [5.41, 5.74) is 0. The summed E-state index contributed by atoms with van der Waals surface area (Å²) in [6.45, 7) is 8.45. The normalized spacial score (nSPS) is 12.0. The van der Waals surface area contributed by atoms with Crippen molar-refractivity contribution in [1.29, 1.82) is 0 Å². The topological polar surface area (TPSA) is 12.0 Å². The van der Waals surface area contributed by atoms with Crippen LogP contribution in [-0.2, 0) is 0 Å². The highest BCUT2D eigenvalue weighted by molar-refractivity contribution is 7.75. The Hall–Kier alpha value is 0.390. The molecule has 0 spiro atoms. The third-order valence-corrected chi connectivity index (χ3v) is 7.60. The molecule has 0 aliphatic rings. The molecule has 0 unspecified atom stereocenters. The minimum atomic E-state index is -0.500. The van der Waals surface area contributed by atoms with Crippen LogP contribution in [-0.4, -0.2) is 38.7 Å². The zero-order chi connectivity index (χ0) is 10.2. The molecular weight excluding hydrogens is 177 g/mol. The van der Waals surface area contributed by atoms with E-state index >= 15 is 0 Å². The SMILES string of the molecule is CC[P+](C)(CC)CCCCCNC. The third kappa shape index (κ3) is 6.46. The van der Waals surface area contributed by atoms with Gasteiger partial charge >= 0.3 is 0 Å². The summed E-state index contributed by atoms with van der Waals surface area (Å²) in [4.78, 5) is 0. The molecule has 0 saturated heterocycles. The Morgan fingerprint density at radius 1 is 1.00 bits per heavy atom. The second kappa shape index (κ2) is 7.76. The van der Waals surface area contributed by atoms with Crippen LogP contribution in [0.15, 0.2) is 0 Å². The van der Waals surface area contributed by atoms with Gasteiger partial charge in [0.25, 0.3) is 0 Å². The van der Waals surface area contributed by atoms with E-state index in [1.54, 1.807) is 0 Å². The molecule has 0 aromatic heterocycles. The quantitative estimate of drug-likeness (QED) is 0.473. The molecule has 0 atom stereocenters. The fourth-order valence-electron chi connectivity index (χ4n) is 1.51. The molecule has 0 bridgehead atoms. The molecule has 1 nitrogen and oxygen atoms in total. The van der Waals surface area contributed by atoms with Crippen LogP contribution in [0.1, 0.15) is 33.1 Å². The van der Waals surface area contributed by atoms with Gasteiger partial charge in [0.15, 0.2) is 0 Å². The number of rotatable bonds is 8. The number of nitrogens with one attached hydrogen (secondary N) is 1. The van der Waals surface area contributed by atoms with E-state index in [9.17, 15) is 0 Å². The molecule has 13 heavy (non-hydrogen) atoms. The summed E-state index contributed by atoms with van der Waals surface area (Å²) in [7, 11) is 1.54. The molecule has 80 valence electrons. The van der Waals surface area contributed by atoms with Gasteiger partial charge in [-0.25, -0.2) is 0 Å². The van der Waals surface area contributed by atoms with Crippen molar-refractivity contribution in [3.63, 3.8) is 0 Å². The molecule has 2 heteroatoms. The second-order valence-corrected chi connectivity index (χ2v) is 9.09. The zero-order valence-corrected chi connectivity index (χ0v) is 10.8. The lowest BCUT2D eigenvalue weighted by Gasteiger charge is -2.19. The highest BCUT2D eigenvalue weighted by Gasteiger charge is 2.25. The van der Waals surface area contributed by atoms with Crippen molar-refractivity contribution in [2.24, 2.45) is 0 Å². The lowest BCUT2D eigenvalue weighted by Crippen LogP contribution is -2.08. The largest absolute Gasteiger partial charge is 0.320 e. The van der Waals surface area contributed by atoms with Crippen molar-refractivity contribution >= 4 is 7.26 Å². The minimum Gasteiger partial charge on any atom is -0.320 e. The van der Waals surface area contributed by atoms with Gasteiger partial charge < -0.3 is 5.32 Å². The molecule has 0 rings (SSSR count). The fraction of sp³-hybridized carbons (Fsp3) is 1.00. The molecule has 0 fully saturated rings. The maximum Gasteiger partial charge on any atom is 0.0591 e. The van der Waals surface area contributed by atoms with Crippen LogP contribution >= 0.6 is 7.26 Å². The monoisotopic (exact) mass is 204 g/mol. The van der Waals surface area contributed by atoms with E-state index in [4.69, 9.17) is 0 Å². The molecule has 0 saturated carbocycles. The summed E-state index contributed by atoms with van der Waals surface area (Å²) in [6, 6.07) is 0. The van der Waals surface area contributed by atoms with Crippen LogP contribution in [0.3, 0.4) is 0 Å². The Kier molecular flexibility index (Phi) is 8.00. The fourth-order valence-corrected chi connectivity index (χ4v) is 3.58. The Bertz CT molecular complexity index is 111. The maximum absolute atomic E-state index is 3.20. The van der Waals surface area contributed by atoms with Crippen LogP contribution in [0.2, 0.25) is 0 Å². The highest BCUT2D eigenvalue weighted by Crippen LogP contribution is 2.54. The van der Waals surface area contributed by atoms with Crippen molar-refractivity contribution in [1.82, 2.24) is 5.32 Å². The van der Waals surface area contributed by atoms with E-state index in [0.29, 0.717) is 0 Å². The van der Waals surface area contributed by atoms with Gasteiger partial charge in [-0.3, -0.25) is 0 Å². The van der Waals surface area contributed by atoms with Crippen molar-refractivity contribution in [2.45, 2.75) is 33.1 Å². The molecule has 0 aromatic rings. The van der Waals surface area contributed by atoms with E-state index in [0.717, 1.165) is 0 Å². The predicted octanol–water partition coefficient (Wildman–Crippen LogP) is 3.06. The Balaban J connectivity index is 3.39. The van der Waals surface area contributed by atoms with Crippen LogP contribution in [0, 0.1) is 0 Å². The van der Waals surface area contributed by atoms with E-state index in [1.807, 2.05) is 7.05 Å². The van der Waals surface area contributed by atoms with Crippen LogP contribution in [0.25, 0.3) is 0 Å². The Labute approximate surface area is 85.0 Å². The smallest absolute Gasteiger partial charge is 0.0591 e. The van der Waals surface area contributed by atoms with Gasteiger partial charge in [0.2, 0.25) is 0 Å². The lowest BCUT2D eigenvalue weighted by atomic mass is 10.2. The molecule has 0 heterocycles. The van der Waals surface area contributed by atoms with E-state index in [-0.39, 0.29) is 0 Å². The average Bonchev–Trinajstić information content (AvgIpc) is 2.17. The Morgan fingerprint density at radius 3 is 2.08 bits per heavy atom. The molecule has 0 radical (unpaired) electrons. The maximum atomic E-state index is 3.20. The summed E-state index contributed by atoms with van der Waals surface area (Å²) >= 11 is 0. The molecule has 0 amide bonds. The first-order valence-electron chi connectivity index (χ1n) is 5.66. The van der Waals surface area contributed by atoms with Crippen molar-refractivity contribution in [2.75, 3.05) is 38.7 Å². The standard InChI is InChI=1S/C11H27NP/c1-5-13(4,6-2)11-9-7-8-10-12-3/h12H,5-11H2,1-4H3/q+1. The zero-order valence-electron chi connectivity index (χ0n) is 9.90. The first-order valence-corrected chi connectivity index (χ1v) is 8.46. The van der Waals surface area contributed by atoms with Gasteiger partial charge in [0.1, 0.15) is 0 Å². The molecule has 0 aliphatic heterocycles.